The molecule has 0 spiro atoms. The summed E-state index contributed by atoms with van der Waals surface area (Å²) in [4.78, 5) is 42.1. The normalized spacial score (nSPS) is 21.2. The minimum atomic E-state index is -4.88. The van der Waals surface area contributed by atoms with E-state index in [9.17, 15) is 46.0 Å². The van der Waals surface area contributed by atoms with Crippen LogP contribution >= 0.6 is 0 Å². The summed E-state index contributed by atoms with van der Waals surface area (Å²) in [6, 6.07) is 7.74. The first-order chi connectivity index (χ1) is 21.7. The summed E-state index contributed by atoms with van der Waals surface area (Å²) in [6.45, 7) is 2.35. The average molecular weight is 672 g/mol. The Bertz CT molecular complexity index is 1440. The molecule has 0 radical (unpaired) electrons. The van der Waals surface area contributed by atoms with Crippen molar-refractivity contribution in [3.63, 3.8) is 0 Å². The molecule has 2 aromatic rings. The van der Waals surface area contributed by atoms with Gasteiger partial charge in [0.05, 0.1) is 10.5 Å². The number of hydrogen-bond acceptors (Lipinski definition) is 6. The van der Waals surface area contributed by atoms with Gasteiger partial charge >= 0.3 is 12.4 Å². The monoisotopic (exact) mass is 671 g/mol. The summed E-state index contributed by atoms with van der Waals surface area (Å²) in [5, 5.41) is 14.0. The van der Waals surface area contributed by atoms with Gasteiger partial charge in [0.2, 0.25) is 11.8 Å². The zero-order chi connectivity index (χ0) is 33.2. The Labute approximate surface area is 269 Å². The number of anilines is 2. The Morgan fingerprint density at radius 1 is 0.787 bits per heavy atom. The van der Waals surface area contributed by atoms with Crippen LogP contribution in [0.15, 0.2) is 42.5 Å². The van der Waals surface area contributed by atoms with Gasteiger partial charge in [-0.1, -0.05) is 19.9 Å². The molecule has 2 heterocycles. The summed E-state index contributed by atoms with van der Waals surface area (Å²) in [6.07, 6.45) is -5.89. The van der Waals surface area contributed by atoms with E-state index in [0.717, 1.165) is 30.7 Å². The molecule has 2 amide bonds. The van der Waals surface area contributed by atoms with Crippen LogP contribution in [0, 0.1) is 22.0 Å². The second-order valence-corrected chi connectivity index (χ2v) is 12.2. The van der Waals surface area contributed by atoms with Gasteiger partial charge in [-0.3, -0.25) is 19.7 Å². The third-order valence-electron chi connectivity index (χ3n) is 9.18. The van der Waals surface area contributed by atoms with E-state index in [-0.39, 0.29) is 42.8 Å². The van der Waals surface area contributed by atoms with E-state index in [0.29, 0.717) is 77.1 Å². The van der Waals surface area contributed by atoms with Crippen LogP contribution in [0.3, 0.4) is 0 Å². The number of alkyl halides is 6. The molecule has 0 unspecified atom stereocenters. The number of nitrogens with zero attached hydrogens (tertiary/aromatic N) is 4. The first kappa shape index (κ1) is 35.8. The second-order valence-electron chi connectivity index (χ2n) is 12.2. The minimum Gasteiger partial charge on any atom is -0.382 e. The highest BCUT2D eigenvalue weighted by molar-refractivity contribution is 5.83. The van der Waals surface area contributed by atoms with E-state index in [1.54, 1.807) is 15.9 Å². The number of amides is 2. The lowest BCUT2D eigenvalue weighted by Gasteiger charge is -2.40. The molecule has 258 valence electrons. The number of likely N-dealkylation sites (tertiary alicyclic amines) is 1. The number of hydrogen-bond donors (Lipinski definition) is 1. The standard InChI is InChI=1S/C31H35F6N5O4.CH4/c32-30(33,34)22-5-2-6-25(18-22)39-13-15-41(16-14-39)29(44)21-4-1-3-20(17-21)28(43)40-11-9-23(10-12-40)38-24-7-8-27(42(45)46)26(19-24)31(35,36)37;/h2,5-8,18-21,23,38H,1,3-4,9-17H2;1H4/t20-,21+;/m0./s1. The molecule has 0 aromatic heterocycles. The molecule has 3 fully saturated rings. The van der Waals surface area contributed by atoms with Crippen molar-refractivity contribution < 1.29 is 40.9 Å². The number of halogens is 6. The molecule has 47 heavy (non-hydrogen) atoms. The molecule has 2 saturated heterocycles. The van der Waals surface area contributed by atoms with E-state index >= 15 is 0 Å². The van der Waals surface area contributed by atoms with Gasteiger partial charge in [-0.05, 0) is 62.4 Å². The maximum Gasteiger partial charge on any atom is 0.423 e. The van der Waals surface area contributed by atoms with Gasteiger partial charge in [-0.15, -0.1) is 0 Å². The van der Waals surface area contributed by atoms with Crippen molar-refractivity contribution in [3.05, 3.63) is 63.7 Å². The van der Waals surface area contributed by atoms with Crippen molar-refractivity contribution in [1.29, 1.82) is 0 Å². The number of nitrogens with one attached hydrogen (secondary N) is 1. The number of rotatable bonds is 6. The molecule has 2 aliphatic heterocycles. The van der Waals surface area contributed by atoms with Gasteiger partial charge in [-0.25, -0.2) is 0 Å². The third kappa shape index (κ3) is 8.47. The first-order valence-corrected chi connectivity index (χ1v) is 15.3. The van der Waals surface area contributed by atoms with Crippen LogP contribution in [-0.4, -0.2) is 71.8 Å². The van der Waals surface area contributed by atoms with Crippen LogP contribution in [0.5, 0.6) is 0 Å². The topological polar surface area (TPSA) is 99.0 Å². The van der Waals surface area contributed by atoms with Crippen molar-refractivity contribution >= 4 is 28.9 Å². The molecule has 1 aliphatic carbocycles. The molecular formula is C32H39F6N5O4. The lowest BCUT2D eigenvalue weighted by molar-refractivity contribution is -0.388. The lowest BCUT2D eigenvalue weighted by Crippen LogP contribution is -2.51. The van der Waals surface area contributed by atoms with E-state index in [4.69, 9.17) is 0 Å². The Morgan fingerprint density at radius 3 is 1.94 bits per heavy atom. The van der Waals surface area contributed by atoms with Crippen LogP contribution in [0.1, 0.15) is 57.1 Å². The van der Waals surface area contributed by atoms with Crippen LogP contribution in [-0.2, 0) is 21.9 Å². The van der Waals surface area contributed by atoms with Gasteiger partial charge in [0.1, 0.15) is 5.56 Å². The van der Waals surface area contributed by atoms with Crippen molar-refractivity contribution in [1.82, 2.24) is 9.80 Å². The fourth-order valence-corrected chi connectivity index (χ4v) is 6.71. The number of piperazine rings is 1. The highest BCUT2D eigenvalue weighted by atomic mass is 19.4. The van der Waals surface area contributed by atoms with Crippen molar-refractivity contribution in [3.8, 4) is 0 Å². The van der Waals surface area contributed by atoms with Gasteiger partial charge < -0.3 is 20.0 Å². The summed E-state index contributed by atoms with van der Waals surface area (Å²) < 4.78 is 79.5. The van der Waals surface area contributed by atoms with E-state index < -0.39 is 34.1 Å². The SMILES string of the molecule is C.O=C([C@@H]1CCC[C@H](C(=O)N2CCC(Nc3ccc([N+](=O)[O-])c(C(F)(F)F)c3)CC2)C1)N1CCN(c2cccc(C(F)(F)F)c2)CC1. The first-order valence-electron chi connectivity index (χ1n) is 15.3. The van der Waals surface area contributed by atoms with Gasteiger partial charge in [0, 0.05) is 74.6 Å². The number of benzene rings is 2. The Morgan fingerprint density at radius 2 is 1.38 bits per heavy atom. The predicted octanol–water partition coefficient (Wildman–Crippen LogP) is 6.83. The number of piperidine rings is 1. The number of nitro benzene ring substituents is 1. The zero-order valence-electron chi connectivity index (χ0n) is 24.9. The molecule has 2 aromatic carbocycles. The molecule has 2 atom stereocenters. The maximum absolute atomic E-state index is 13.4. The average Bonchev–Trinajstić information content (AvgIpc) is 3.04. The van der Waals surface area contributed by atoms with Gasteiger partial charge in [0.25, 0.3) is 5.69 Å². The lowest BCUT2D eigenvalue weighted by atomic mass is 9.79. The quantitative estimate of drug-likeness (QED) is 0.206. The fourth-order valence-electron chi connectivity index (χ4n) is 6.71. The molecule has 0 bridgehead atoms. The van der Waals surface area contributed by atoms with Gasteiger partial charge in [-0.2, -0.15) is 26.3 Å². The Hall–Kier alpha value is -4.04. The molecule has 15 heteroatoms. The van der Waals surface area contributed by atoms with Crippen molar-refractivity contribution in [2.75, 3.05) is 49.5 Å². The van der Waals surface area contributed by atoms with E-state index in [2.05, 4.69) is 5.32 Å². The van der Waals surface area contributed by atoms with E-state index in [1.807, 2.05) is 4.90 Å². The Balaban J connectivity index is 0.00000500. The number of carbonyl (C=O) groups is 2. The summed E-state index contributed by atoms with van der Waals surface area (Å²) >= 11 is 0. The summed E-state index contributed by atoms with van der Waals surface area (Å²) in [5.74, 6) is -0.708. The fraction of sp³-hybridized carbons (Fsp3) is 0.562. The van der Waals surface area contributed by atoms with Crippen LogP contribution < -0.4 is 10.2 Å². The van der Waals surface area contributed by atoms with Crippen LogP contribution in [0.2, 0.25) is 0 Å². The zero-order valence-corrected chi connectivity index (χ0v) is 24.9. The molecule has 1 saturated carbocycles. The predicted molar refractivity (Wildman–Crippen MR) is 164 cm³/mol. The molecule has 9 nitrogen and oxygen atoms in total. The minimum absolute atomic E-state index is 0. The number of nitro groups is 1. The molecule has 1 N–H and O–H groups in total. The molecule has 3 aliphatic rings. The molecular weight excluding hydrogens is 632 g/mol. The van der Waals surface area contributed by atoms with Crippen LogP contribution in [0.4, 0.5) is 43.4 Å². The highest BCUT2D eigenvalue weighted by Gasteiger charge is 2.40. The Kier molecular flexibility index (Phi) is 11.0. The summed E-state index contributed by atoms with van der Waals surface area (Å²) in [7, 11) is 0. The van der Waals surface area contributed by atoms with Crippen LogP contribution in [0.25, 0.3) is 0 Å². The van der Waals surface area contributed by atoms with Gasteiger partial charge in [0.15, 0.2) is 0 Å². The van der Waals surface area contributed by atoms with Crippen molar-refractivity contribution in [2.24, 2.45) is 11.8 Å². The smallest absolute Gasteiger partial charge is 0.382 e. The largest absolute Gasteiger partial charge is 0.423 e. The van der Waals surface area contributed by atoms with E-state index in [1.165, 1.54) is 12.1 Å². The van der Waals surface area contributed by atoms with Crippen molar-refractivity contribution in [2.45, 2.75) is 64.3 Å². The highest BCUT2D eigenvalue weighted by Crippen LogP contribution is 2.38. The number of carbonyl (C=O) groups excluding carboxylic acids is 2. The molecule has 5 rings (SSSR count). The second kappa shape index (κ2) is 14.4. The summed E-state index contributed by atoms with van der Waals surface area (Å²) in [5.41, 5.74) is -2.48. The third-order valence-corrected chi connectivity index (χ3v) is 9.18. The maximum atomic E-state index is 13.4.